The summed E-state index contributed by atoms with van der Waals surface area (Å²) in [4.78, 5) is 25.3. The normalized spacial score (nSPS) is 9.88. The molecule has 0 heterocycles. The number of anilines is 1. The summed E-state index contributed by atoms with van der Waals surface area (Å²) >= 11 is 0. The van der Waals surface area contributed by atoms with E-state index in [-0.39, 0.29) is 18.4 Å². The van der Waals surface area contributed by atoms with Gasteiger partial charge < -0.3 is 15.5 Å². The molecule has 0 radical (unpaired) electrons. The second-order valence-corrected chi connectivity index (χ2v) is 6.10. The van der Waals surface area contributed by atoms with Crippen LogP contribution in [0.15, 0.2) is 48.5 Å². The smallest absolute Gasteiger partial charge is 0.239 e. The highest BCUT2D eigenvalue weighted by Crippen LogP contribution is 2.11. The quantitative estimate of drug-likeness (QED) is 0.799. The Hall–Kier alpha value is -3.33. The van der Waals surface area contributed by atoms with Crippen molar-refractivity contribution < 1.29 is 9.59 Å². The van der Waals surface area contributed by atoms with Gasteiger partial charge in [0.05, 0.1) is 24.6 Å². The van der Waals surface area contributed by atoms with E-state index in [0.29, 0.717) is 18.5 Å². The number of likely N-dealkylation sites (N-methyl/N-ethyl adjacent to an activating group) is 1. The van der Waals surface area contributed by atoms with Gasteiger partial charge in [0.2, 0.25) is 11.8 Å². The van der Waals surface area contributed by atoms with Crippen LogP contribution in [0, 0.1) is 11.3 Å². The van der Waals surface area contributed by atoms with E-state index < -0.39 is 0 Å². The van der Waals surface area contributed by atoms with Gasteiger partial charge in [0.1, 0.15) is 0 Å². The lowest BCUT2D eigenvalue weighted by Crippen LogP contribution is -2.29. The van der Waals surface area contributed by atoms with Crippen molar-refractivity contribution in [3.05, 3.63) is 65.2 Å². The van der Waals surface area contributed by atoms with Crippen LogP contribution in [-0.4, -0.2) is 37.4 Å². The van der Waals surface area contributed by atoms with Crippen molar-refractivity contribution >= 4 is 17.5 Å². The molecule has 0 aromatic heterocycles. The number of rotatable bonds is 7. The van der Waals surface area contributed by atoms with E-state index in [1.165, 1.54) is 0 Å². The Morgan fingerprint density at radius 2 is 1.81 bits per heavy atom. The first-order valence-corrected chi connectivity index (χ1v) is 8.26. The Morgan fingerprint density at radius 1 is 1.08 bits per heavy atom. The summed E-state index contributed by atoms with van der Waals surface area (Å²) in [6.07, 6.45) is 0.327. The van der Waals surface area contributed by atoms with Gasteiger partial charge in [-0.2, -0.15) is 5.26 Å². The van der Waals surface area contributed by atoms with Crippen molar-refractivity contribution in [2.24, 2.45) is 0 Å². The first-order chi connectivity index (χ1) is 12.5. The van der Waals surface area contributed by atoms with Crippen LogP contribution in [0.4, 0.5) is 5.69 Å². The molecule has 6 nitrogen and oxygen atoms in total. The average molecular weight is 350 g/mol. The summed E-state index contributed by atoms with van der Waals surface area (Å²) in [7, 11) is 3.45. The van der Waals surface area contributed by atoms with Crippen LogP contribution < -0.4 is 10.6 Å². The van der Waals surface area contributed by atoms with Gasteiger partial charge in [-0.1, -0.05) is 24.3 Å². The molecule has 0 fully saturated rings. The van der Waals surface area contributed by atoms with E-state index in [4.69, 9.17) is 5.26 Å². The lowest BCUT2D eigenvalue weighted by atomic mass is 10.1. The van der Waals surface area contributed by atoms with Crippen LogP contribution in [0.1, 0.15) is 16.7 Å². The van der Waals surface area contributed by atoms with E-state index in [1.54, 1.807) is 31.1 Å². The Bertz CT molecular complexity index is 807. The average Bonchev–Trinajstić information content (AvgIpc) is 2.65. The van der Waals surface area contributed by atoms with Gasteiger partial charge in [-0.25, -0.2) is 0 Å². The molecule has 2 amide bonds. The number of nitrogens with one attached hydrogen (secondary N) is 2. The van der Waals surface area contributed by atoms with E-state index in [0.717, 1.165) is 16.8 Å². The fourth-order valence-corrected chi connectivity index (χ4v) is 2.27. The Morgan fingerprint density at radius 3 is 2.46 bits per heavy atom. The third-order valence-electron chi connectivity index (χ3n) is 3.81. The van der Waals surface area contributed by atoms with Crippen LogP contribution in [0.3, 0.4) is 0 Å². The second-order valence-electron chi connectivity index (χ2n) is 6.10. The molecular weight excluding hydrogens is 328 g/mol. The zero-order valence-corrected chi connectivity index (χ0v) is 15.0. The van der Waals surface area contributed by atoms with E-state index in [2.05, 4.69) is 16.7 Å². The molecule has 0 saturated heterocycles. The Balaban J connectivity index is 1.81. The summed E-state index contributed by atoms with van der Waals surface area (Å²) in [6.45, 7) is 0.547. The van der Waals surface area contributed by atoms with Crippen LogP contribution in [0.5, 0.6) is 0 Å². The lowest BCUT2D eigenvalue weighted by molar-refractivity contribution is -0.128. The summed E-state index contributed by atoms with van der Waals surface area (Å²) in [5.74, 6) is -0.105. The molecular formula is C20H22N4O2. The molecule has 0 aliphatic carbocycles. The lowest BCUT2D eigenvalue weighted by Gasteiger charge is -2.12. The van der Waals surface area contributed by atoms with Crippen molar-refractivity contribution in [3.8, 4) is 6.07 Å². The molecule has 6 heteroatoms. The van der Waals surface area contributed by atoms with Crippen molar-refractivity contribution in [1.82, 2.24) is 10.2 Å². The van der Waals surface area contributed by atoms with Gasteiger partial charge in [-0.05, 0) is 35.4 Å². The summed E-state index contributed by atoms with van der Waals surface area (Å²) in [5, 5.41) is 14.7. The van der Waals surface area contributed by atoms with Gasteiger partial charge in [0, 0.05) is 26.3 Å². The highest BCUT2D eigenvalue weighted by atomic mass is 16.2. The molecule has 0 aliphatic heterocycles. The minimum atomic E-state index is -0.135. The van der Waals surface area contributed by atoms with Crippen molar-refractivity contribution in [3.63, 3.8) is 0 Å². The predicted octanol–water partition coefficient (Wildman–Crippen LogP) is 1.92. The third-order valence-corrected chi connectivity index (χ3v) is 3.81. The molecule has 0 spiro atoms. The number of carbonyl (C=O) groups is 2. The molecule has 2 N–H and O–H groups in total. The zero-order chi connectivity index (χ0) is 18.9. The second kappa shape index (κ2) is 9.23. The van der Waals surface area contributed by atoms with Gasteiger partial charge in [-0.15, -0.1) is 0 Å². The number of carbonyl (C=O) groups excluding carboxylic acids is 2. The van der Waals surface area contributed by atoms with Crippen molar-refractivity contribution in [1.29, 1.82) is 5.26 Å². The molecule has 134 valence electrons. The van der Waals surface area contributed by atoms with Crippen LogP contribution in [0.25, 0.3) is 0 Å². The maximum absolute atomic E-state index is 12.0. The Labute approximate surface area is 153 Å². The molecule has 0 atom stereocenters. The first kappa shape index (κ1) is 19.0. The number of benzene rings is 2. The number of nitrogens with zero attached hydrogens (tertiary/aromatic N) is 2. The maximum Gasteiger partial charge on any atom is 0.239 e. The van der Waals surface area contributed by atoms with E-state index in [9.17, 15) is 9.59 Å². The van der Waals surface area contributed by atoms with Crippen LogP contribution >= 0.6 is 0 Å². The first-order valence-electron chi connectivity index (χ1n) is 8.26. The molecule has 2 aromatic rings. The highest BCUT2D eigenvalue weighted by molar-refractivity contribution is 5.81. The summed E-state index contributed by atoms with van der Waals surface area (Å²) < 4.78 is 0. The fourth-order valence-electron chi connectivity index (χ4n) is 2.27. The topological polar surface area (TPSA) is 85.2 Å². The molecule has 2 rings (SSSR count). The van der Waals surface area contributed by atoms with Crippen LogP contribution in [-0.2, 0) is 22.6 Å². The summed E-state index contributed by atoms with van der Waals surface area (Å²) in [5.41, 5.74) is 3.21. The third kappa shape index (κ3) is 5.95. The van der Waals surface area contributed by atoms with Gasteiger partial charge >= 0.3 is 0 Å². The van der Waals surface area contributed by atoms with Crippen LogP contribution in [0.2, 0.25) is 0 Å². The maximum atomic E-state index is 12.0. The predicted molar refractivity (Wildman–Crippen MR) is 100 cm³/mol. The number of nitriles is 1. The highest BCUT2D eigenvalue weighted by Gasteiger charge is 2.07. The largest absolute Gasteiger partial charge is 0.376 e. The molecule has 26 heavy (non-hydrogen) atoms. The molecule has 0 saturated carbocycles. The monoisotopic (exact) mass is 350 g/mol. The molecule has 0 bridgehead atoms. The van der Waals surface area contributed by atoms with Gasteiger partial charge in [-0.3, -0.25) is 9.59 Å². The molecule has 0 unspecified atom stereocenters. The molecule has 0 aliphatic rings. The standard InChI is InChI=1S/C20H22N4O2/c1-24(2)20(26)11-17-4-3-5-18(10-17)22-14-19(25)23-13-16-8-6-15(12-21)7-9-16/h3-10,22H,11,13-14H2,1-2H3,(H,23,25). The Kier molecular flexibility index (Phi) is 6.75. The van der Waals surface area contributed by atoms with Gasteiger partial charge in [0.25, 0.3) is 0 Å². The van der Waals surface area contributed by atoms with Crippen molar-refractivity contribution in [2.45, 2.75) is 13.0 Å². The molecule has 2 aromatic carbocycles. The van der Waals surface area contributed by atoms with Crippen molar-refractivity contribution in [2.75, 3.05) is 26.0 Å². The SMILES string of the molecule is CN(C)C(=O)Cc1cccc(NCC(=O)NCc2ccc(C#N)cc2)c1. The van der Waals surface area contributed by atoms with E-state index >= 15 is 0 Å². The number of hydrogen-bond acceptors (Lipinski definition) is 4. The minimum absolute atomic E-state index is 0.0299. The zero-order valence-electron chi connectivity index (χ0n) is 15.0. The fraction of sp³-hybridized carbons (Fsp3) is 0.250. The van der Waals surface area contributed by atoms with E-state index in [1.807, 2.05) is 36.4 Å². The number of amides is 2. The minimum Gasteiger partial charge on any atom is -0.376 e. The number of hydrogen-bond donors (Lipinski definition) is 2. The van der Waals surface area contributed by atoms with Gasteiger partial charge in [0.15, 0.2) is 0 Å². The summed E-state index contributed by atoms with van der Waals surface area (Å²) in [6, 6.07) is 16.6.